The lowest BCUT2D eigenvalue weighted by atomic mass is 10.0. The summed E-state index contributed by atoms with van der Waals surface area (Å²) in [5.41, 5.74) is 8.29. The van der Waals surface area contributed by atoms with Gasteiger partial charge in [-0.1, -0.05) is 45.3 Å². The van der Waals surface area contributed by atoms with E-state index in [1.54, 1.807) is 0 Å². The molecule has 0 fully saturated rings. The van der Waals surface area contributed by atoms with E-state index in [0.717, 1.165) is 23.2 Å². The van der Waals surface area contributed by atoms with Gasteiger partial charge in [-0.15, -0.1) is 5.10 Å². The van der Waals surface area contributed by atoms with Crippen molar-refractivity contribution in [2.75, 3.05) is 6.61 Å². The van der Waals surface area contributed by atoms with E-state index >= 15 is 0 Å². The highest BCUT2D eigenvalue weighted by atomic mass is 32.1. The summed E-state index contributed by atoms with van der Waals surface area (Å²) in [6.45, 7) is 8.87. The van der Waals surface area contributed by atoms with Gasteiger partial charge in [0.15, 0.2) is 0 Å². The topological polar surface area (TPSA) is 61.0 Å². The van der Waals surface area contributed by atoms with Crippen LogP contribution in [0, 0.1) is 19.8 Å². The molecule has 1 aromatic heterocycles. The van der Waals surface area contributed by atoms with Crippen molar-refractivity contribution in [3.05, 3.63) is 16.8 Å². The second kappa shape index (κ2) is 8.15. The SMILES string of the molecule is CCCCC(CC)COc1nnc(C)c(C)c1C(N)=S. The minimum Gasteiger partial charge on any atom is -0.476 e. The van der Waals surface area contributed by atoms with Crippen molar-refractivity contribution in [3.63, 3.8) is 0 Å². The van der Waals surface area contributed by atoms with E-state index in [9.17, 15) is 0 Å². The third-order valence-corrected chi connectivity index (χ3v) is 3.87. The van der Waals surface area contributed by atoms with Crippen LogP contribution in [0.25, 0.3) is 0 Å². The number of rotatable bonds is 8. The minimum atomic E-state index is 0.317. The van der Waals surface area contributed by atoms with E-state index in [1.807, 2.05) is 13.8 Å². The van der Waals surface area contributed by atoms with Gasteiger partial charge in [0.25, 0.3) is 0 Å². The third-order valence-electron chi connectivity index (χ3n) is 3.67. The largest absolute Gasteiger partial charge is 0.476 e. The van der Waals surface area contributed by atoms with Gasteiger partial charge < -0.3 is 10.5 Å². The molecule has 0 spiro atoms. The van der Waals surface area contributed by atoms with Gasteiger partial charge in [0.2, 0.25) is 5.88 Å². The van der Waals surface area contributed by atoms with Crippen LogP contribution in [0.2, 0.25) is 0 Å². The summed E-state index contributed by atoms with van der Waals surface area (Å²) in [4.78, 5) is 0.317. The molecule has 0 aliphatic carbocycles. The first-order valence-electron chi connectivity index (χ1n) is 7.27. The Morgan fingerprint density at radius 1 is 1.30 bits per heavy atom. The Kier molecular flexibility index (Phi) is 6.85. The summed E-state index contributed by atoms with van der Waals surface area (Å²) in [7, 11) is 0. The second-order valence-corrected chi connectivity index (χ2v) is 5.62. The summed E-state index contributed by atoms with van der Waals surface area (Å²) < 4.78 is 5.84. The van der Waals surface area contributed by atoms with Crippen LogP contribution in [-0.2, 0) is 0 Å². The number of unbranched alkanes of at least 4 members (excludes halogenated alkanes) is 1. The molecule has 2 N–H and O–H groups in total. The lowest BCUT2D eigenvalue weighted by Gasteiger charge is -2.17. The van der Waals surface area contributed by atoms with Crippen LogP contribution in [0.3, 0.4) is 0 Å². The summed E-state index contributed by atoms with van der Waals surface area (Å²) in [6, 6.07) is 0. The van der Waals surface area contributed by atoms with Crippen molar-refractivity contribution in [3.8, 4) is 5.88 Å². The predicted octanol–water partition coefficient (Wildman–Crippen LogP) is 3.32. The lowest BCUT2D eigenvalue weighted by molar-refractivity contribution is 0.223. The fraction of sp³-hybridized carbons (Fsp3) is 0.667. The molecule has 0 amide bonds. The number of thiocarbonyl (C=S) groups is 1. The Morgan fingerprint density at radius 3 is 2.55 bits per heavy atom. The minimum absolute atomic E-state index is 0.317. The second-order valence-electron chi connectivity index (χ2n) is 5.18. The van der Waals surface area contributed by atoms with E-state index in [0.29, 0.717) is 23.4 Å². The molecule has 0 radical (unpaired) electrons. The molecule has 0 saturated carbocycles. The average Bonchev–Trinajstić information content (AvgIpc) is 2.42. The fourth-order valence-corrected chi connectivity index (χ4v) is 2.31. The molecule has 20 heavy (non-hydrogen) atoms. The number of ether oxygens (including phenoxy) is 1. The molecular formula is C15H25N3OS. The quantitative estimate of drug-likeness (QED) is 0.745. The van der Waals surface area contributed by atoms with Crippen LogP contribution in [0.4, 0.5) is 0 Å². The monoisotopic (exact) mass is 295 g/mol. The van der Waals surface area contributed by atoms with E-state index in [-0.39, 0.29) is 0 Å². The van der Waals surface area contributed by atoms with E-state index in [1.165, 1.54) is 19.3 Å². The zero-order valence-electron chi connectivity index (χ0n) is 12.9. The first-order chi connectivity index (χ1) is 9.51. The number of aromatic nitrogens is 2. The van der Waals surface area contributed by atoms with Gasteiger partial charge in [-0.2, -0.15) is 5.10 Å². The van der Waals surface area contributed by atoms with Crippen molar-refractivity contribution >= 4 is 17.2 Å². The molecule has 1 rings (SSSR count). The Labute approximate surface area is 127 Å². The van der Waals surface area contributed by atoms with Crippen LogP contribution < -0.4 is 10.5 Å². The number of aryl methyl sites for hydroxylation is 1. The van der Waals surface area contributed by atoms with Crippen LogP contribution in [0.1, 0.15) is 56.4 Å². The highest BCUT2D eigenvalue weighted by Gasteiger charge is 2.16. The highest BCUT2D eigenvalue weighted by molar-refractivity contribution is 7.80. The predicted molar refractivity (Wildman–Crippen MR) is 86.2 cm³/mol. The van der Waals surface area contributed by atoms with Crippen LogP contribution in [0.5, 0.6) is 5.88 Å². The van der Waals surface area contributed by atoms with Gasteiger partial charge in [0, 0.05) is 0 Å². The molecule has 0 aliphatic heterocycles. The maximum Gasteiger partial charge on any atom is 0.244 e. The Hall–Kier alpha value is -1.23. The van der Waals surface area contributed by atoms with Gasteiger partial charge in [-0.05, 0) is 31.7 Å². The molecular weight excluding hydrogens is 270 g/mol. The normalized spacial score (nSPS) is 12.2. The molecule has 1 aromatic rings. The molecule has 0 bridgehead atoms. The molecule has 4 nitrogen and oxygen atoms in total. The molecule has 0 aliphatic rings. The molecule has 1 unspecified atom stereocenters. The van der Waals surface area contributed by atoms with Crippen molar-refractivity contribution < 1.29 is 4.74 Å². The zero-order chi connectivity index (χ0) is 15.1. The van der Waals surface area contributed by atoms with Crippen molar-refractivity contribution in [1.29, 1.82) is 0 Å². The maximum absolute atomic E-state index is 5.84. The molecule has 1 atom stereocenters. The maximum atomic E-state index is 5.84. The summed E-state index contributed by atoms with van der Waals surface area (Å²) in [6.07, 6.45) is 4.70. The Bertz CT molecular complexity index is 463. The lowest BCUT2D eigenvalue weighted by Crippen LogP contribution is -2.19. The molecule has 1 heterocycles. The smallest absolute Gasteiger partial charge is 0.244 e. The number of hydrogen-bond acceptors (Lipinski definition) is 4. The van der Waals surface area contributed by atoms with Crippen LogP contribution >= 0.6 is 12.2 Å². The van der Waals surface area contributed by atoms with Gasteiger partial charge in [-0.3, -0.25) is 0 Å². The highest BCUT2D eigenvalue weighted by Crippen LogP contribution is 2.22. The first-order valence-corrected chi connectivity index (χ1v) is 7.68. The van der Waals surface area contributed by atoms with Crippen LogP contribution in [-0.4, -0.2) is 21.8 Å². The standard InChI is InChI=1S/C15H25N3OS/c1-5-7-8-12(6-2)9-19-15-13(14(16)20)10(3)11(4)17-18-15/h12H,5-9H2,1-4H3,(H2,16,20). The summed E-state index contributed by atoms with van der Waals surface area (Å²) >= 11 is 5.10. The number of nitrogens with two attached hydrogens (primary N) is 1. The van der Waals surface area contributed by atoms with E-state index in [2.05, 4.69) is 24.0 Å². The zero-order valence-corrected chi connectivity index (χ0v) is 13.7. The van der Waals surface area contributed by atoms with E-state index in [4.69, 9.17) is 22.7 Å². The van der Waals surface area contributed by atoms with Crippen molar-refractivity contribution in [1.82, 2.24) is 10.2 Å². The van der Waals surface area contributed by atoms with Gasteiger partial charge in [0.1, 0.15) is 4.99 Å². The molecule has 0 aromatic carbocycles. The fourth-order valence-electron chi connectivity index (χ4n) is 2.07. The van der Waals surface area contributed by atoms with Crippen molar-refractivity contribution in [2.45, 2.75) is 53.4 Å². The number of hydrogen-bond donors (Lipinski definition) is 1. The van der Waals surface area contributed by atoms with Crippen molar-refractivity contribution in [2.24, 2.45) is 11.7 Å². The first kappa shape index (κ1) is 16.8. The molecule has 112 valence electrons. The number of nitrogens with zero attached hydrogens (tertiary/aromatic N) is 2. The molecule has 5 heteroatoms. The third kappa shape index (κ3) is 4.40. The van der Waals surface area contributed by atoms with Gasteiger partial charge >= 0.3 is 0 Å². The summed E-state index contributed by atoms with van der Waals surface area (Å²) in [5, 5.41) is 8.20. The van der Waals surface area contributed by atoms with E-state index < -0.39 is 0 Å². The van der Waals surface area contributed by atoms with Gasteiger partial charge in [-0.25, -0.2) is 0 Å². The molecule has 0 saturated heterocycles. The van der Waals surface area contributed by atoms with Crippen LogP contribution in [0.15, 0.2) is 0 Å². The summed E-state index contributed by atoms with van der Waals surface area (Å²) in [5.74, 6) is 1.01. The average molecular weight is 295 g/mol. The Morgan fingerprint density at radius 2 is 2.00 bits per heavy atom. The van der Waals surface area contributed by atoms with Gasteiger partial charge in [0.05, 0.1) is 17.9 Å². The Balaban J connectivity index is 2.82.